The molecule has 8 nitrogen and oxygen atoms in total. The van der Waals surface area contributed by atoms with Gasteiger partial charge in [0.2, 0.25) is 5.89 Å². The van der Waals surface area contributed by atoms with Gasteiger partial charge in [0.15, 0.2) is 0 Å². The molecule has 6 rings (SSSR count). The average Bonchev–Trinajstić information content (AvgIpc) is 3.53. The molecule has 2 aliphatic rings. The number of methoxy groups -OCH3 is 1. The van der Waals surface area contributed by atoms with Gasteiger partial charge < -0.3 is 19.0 Å². The predicted molar refractivity (Wildman–Crippen MR) is 145 cm³/mol. The molecule has 190 valence electrons. The molecular formula is C29H31N5O3. The van der Waals surface area contributed by atoms with Crippen LogP contribution in [0.2, 0.25) is 0 Å². The molecule has 37 heavy (non-hydrogen) atoms. The van der Waals surface area contributed by atoms with E-state index in [4.69, 9.17) is 9.15 Å². The summed E-state index contributed by atoms with van der Waals surface area (Å²) in [5.41, 5.74) is 7.93. The third-order valence-electron chi connectivity index (χ3n) is 7.37. The van der Waals surface area contributed by atoms with Gasteiger partial charge >= 0.3 is 0 Å². The Morgan fingerprint density at radius 3 is 2.54 bits per heavy atom. The van der Waals surface area contributed by atoms with Crippen LogP contribution in [0.1, 0.15) is 21.7 Å². The van der Waals surface area contributed by atoms with E-state index in [2.05, 4.69) is 39.4 Å². The highest BCUT2D eigenvalue weighted by Gasteiger charge is 2.27. The highest BCUT2D eigenvalue weighted by Crippen LogP contribution is 2.39. The number of fused-ring (bicyclic) bond motifs is 2. The van der Waals surface area contributed by atoms with Crippen LogP contribution < -0.4 is 20.1 Å². The Hall–Kier alpha value is -4.04. The molecule has 3 heterocycles. The molecule has 0 spiro atoms. The number of rotatable bonds is 5. The summed E-state index contributed by atoms with van der Waals surface area (Å²) >= 11 is 0. The van der Waals surface area contributed by atoms with Crippen molar-refractivity contribution in [3.05, 3.63) is 71.6 Å². The Bertz CT molecular complexity index is 1470. The second-order valence-electron chi connectivity index (χ2n) is 9.77. The number of piperazine rings is 1. The number of aromatic nitrogens is 1. The molecule has 0 atom stereocenters. The van der Waals surface area contributed by atoms with Gasteiger partial charge in [-0.25, -0.2) is 4.98 Å². The standard InChI is InChI=1S/C29H31N5O3/c1-19-18-30-29(37-19)24-9-5-6-21-22(24)7-4-8-23(21)28(35)31-34-11-10-20-16-27(36-3)26(17-25(20)34)33-14-12-32(2)13-15-33/h4-9,16-18H,10-15H2,1-3H3,(H,31,35). The fraction of sp³-hybridized carbons (Fsp3) is 0.310. The van der Waals surface area contributed by atoms with Crippen molar-refractivity contribution in [2.75, 3.05) is 56.8 Å². The van der Waals surface area contributed by atoms with Crippen molar-refractivity contribution < 1.29 is 13.9 Å². The quantitative estimate of drug-likeness (QED) is 0.441. The number of carbonyl (C=O) groups is 1. The zero-order valence-electron chi connectivity index (χ0n) is 21.5. The van der Waals surface area contributed by atoms with Crippen LogP contribution >= 0.6 is 0 Å². The molecule has 0 saturated carbocycles. The second kappa shape index (κ2) is 9.44. The van der Waals surface area contributed by atoms with Gasteiger partial charge in [0.25, 0.3) is 5.91 Å². The van der Waals surface area contributed by atoms with Crippen molar-refractivity contribution in [2.45, 2.75) is 13.3 Å². The summed E-state index contributed by atoms with van der Waals surface area (Å²) in [7, 11) is 3.88. The number of likely N-dealkylation sites (N-methyl/N-ethyl adjacent to an activating group) is 1. The lowest BCUT2D eigenvalue weighted by atomic mass is 9.99. The fourth-order valence-electron chi connectivity index (χ4n) is 5.33. The zero-order chi connectivity index (χ0) is 25.5. The Morgan fingerprint density at radius 2 is 1.78 bits per heavy atom. The second-order valence-corrected chi connectivity index (χ2v) is 9.77. The number of amides is 1. The Labute approximate surface area is 216 Å². The number of benzene rings is 3. The monoisotopic (exact) mass is 497 g/mol. The first-order chi connectivity index (χ1) is 18.0. The number of anilines is 2. The summed E-state index contributed by atoms with van der Waals surface area (Å²) in [6.45, 7) is 6.50. The summed E-state index contributed by atoms with van der Waals surface area (Å²) in [6, 6.07) is 15.9. The molecule has 0 bridgehead atoms. The number of oxazole rings is 1. The van der Waals surface area contributed by atoms with Gasteiger partial charge in [0.1, 0.15) is 11.5 Å². The van der Waals surface area contributed by atoms with Gasteiger partial charge in [-0.2, -0.15) is 0 Å². The minimum atomic E-state index is -0.142. The lowest BCUT2D eigenvalue weighted by Gasteiger charge is -2.35. The van der Waals surface area contributed by atoms with Crippen molar-refractivity contribution in [3.8, 4) is 17.2 Å². The largest absolute Gasteiger partial charge is 0.495 e. The summed E-state index contributed by atoms with van der Waals surface area (Å²) in [5.74, 6) is 2.05. The number of nitrogens with one attached hydrogen (secondary N) is 1. The van der Waals surface area contributed by atoms with Crippen molar-refractivity contribution >= 4 is 28.1 Å². The summed E-state index contributed by atoms with van der Waals surface area (Å²) in [4.78, 5) is 22.7. The molecule has 1 aromatic heterocycles. The van der Waals surface area contributed by atoms with Crippen LogP contribution in [0, 0.1) is 6.92 Å². The zero-order valence-corrected chi connectivity index (χ0v) is 21.5. The smallest absolute Gasteiger partial charge is 0.270 e. The third-order valence-corrected chi connectivity index (χ3v) is 7.37. The summed E-state index contributed by atoms with van der Waals surface area (Å²) < 4.78 is 11.5. The number of hydrazine groups is 1. The number of ether oxygens (including phenoxy) is 1. The van der Waals surface area contributed by atoms with Gasteiger partial charge in [-0.05, 0) is 61.0 Å². The molecule has 3 aromatic carbocycles. The molecule has 1 saturated heterocycles. The summed E-state index contributed by atoms with van der Waals surface area (Å²) in [5, 5.41) is 3.76. The maximum absolute atomic E-state index is 13.6. The number of carbonyl (C=O) groups excluding carboxylic acids is 1. The fourth-order valence-corrected chi connectivity index (χ4v) is 5.33. The minimum absolute atomic E-state index is 0.142. The summed E-state index contributed by atoms with van der Waals surface area (Å²) in [6.07, 6.45) is 2.55. The van der Waals surface area contributed by atoms with Crippen LogP contribution in [-0.2, 0) is 6.42 Å². The first-order valence-electron chi connectivity index (χ1n) is 12.7. The van der Waals surface area contributed by atoms with Crippen LogP contribution in [0.3, 0.4) is 0 Å². The Kier molecular flexibility index (Phi) is 5.96. The Morgan fingerprint density at radius 1 is 1.00 bits per heavy atom. The molecule has 2 aliphatic heterocycles. The molecular weight excluding hydrogens is 466 g/mol. The molecule has 1 fully saturated rings. The van der Waals surface area contributed by atoms with Gasteiger partial charge in [-0.3, -0.25) is 15.2 Å². The molecule has 1 amide bonds. The Balaban J connectivity index is 1.30. The van der Waals surface area contributed by atoms with Gasteiger partial charge in [0, 0.05) is 43.9 Å². The van der Waals surface area contributed by atoms with E-state index in [-0.39, 0.29) is 5.91 Å². The normalized spacial score (nSPS) is 15.8. The van der Waals surface area contributed by atoms with E-state index in [0.29, 0.717) is 18.0 Å². The minimum Gasteiger partial charge on any atom is -0.495 e. The highest BCUT2D eigenvalue weighted by molar-refractivity contribution is 6.10. The van der Waals surface area contributed by atoms with E-state index in [1.165, 1.54) is 5.56 Å². The maximum Gasteiger partial charge on any atom is 0.270 e. The number of aryl methyl sites for hydroxylation is 1. The van der Waals surface area contributed by atoms with E-state index < -0.39 is 0 Å². The lowest BCUT2D eigenvalue weighted by Crippen LogP contribution is -2.45. The molecule has 0 unspecified atom stereocenters. The van der Waals surface area contributed by atoms with E-state index in [1.807, 2.05) is 48.3 Å². The molecule has 0 radical (unpaired) electrons. The van der Waals surface area contributed by atoms with Gasteiger partial charge in [-0.1, -0.05) is 24.3 Å². The van der Waals surface area contributed by atoms with Crippen LogP contribution in [0.25, 0.3) is 22.2 Å². The number of hydrogen-bond acceptors (Lipinski definition) is 7. The van der Waals surface area contributed by atoms with Crippen LogP contribution in [0.15, 0.2) is 59.1 Å². The van der Waals surface area contributed by atoms with Crippen molar-refractivity contribution in [1.29, 1.82) is 0 Å². The molecule has 1 N–H and O–H groups in total. The lowest BCUT2D eigenvalue weighted by molar-refractivity contribution is 0.0951. The SMILES string of the molecule is COc1cc2c(cc1N1CCN(C)CC1)N(NC(=O)c1cccc3c(-c4ncc(C)o4)cccc13)CC2. The third kappa shape index (κ3) is 4.27. The van der Waals surface area contributed by atoms with Crippen molar-refractivity contribution in [2.24, 2.45) is 0 Å². The predicted octanol–water partition coefficient (Wildman–Crippen LogP) is 4.27. The van der Waals surface area contributed by atoms with Crippen LogP contribution in [-0.4, -0.2) is 62.7 Å². The van der Waals surface area contributed by atoms with Gasteiger partial charge in [-0.15, -0.1) is 0 Å². The van der Waals surface area contributed by atoms with Crippen LogP contribution in [0.5, 0.6) is 5.75 Å². The molecule has 4 aromatic rings. The van der Waals surface area contributed by atoms with Crippen molar-refractivity contribution in [1.82, 2.24) is 15.3 Å². The number of nitrogens with zero attached hydrogens (tertiary/aromatic N) is 4. The van der Waals surface area contributed by atoms with E-state index in [1.54, 1.807) is 13.3 Å². The van der Waals surface area contributed by atoms with E-state index in [0.717, 1.165) is 71.8 Å². The van der Waals surface area contributed by atoms with Crippen molar-refractivity contribution in [3.63, 3.8) is 0 Å². The first-order valence-corrected chi connectivity index (χ1v) is 12.7. The molecule has 0 aliphatic carbocycles. The van der Waals surface area contributed by atoms with E-state index in [9.17, 15) is 4.79 Å². The van der Waals surface area contributed by atoms with E-state index >= 15 is 0 Å². The highest BCUT2D eigenvalue weighted by atomic mass is 16.5. The van der Waals surface area contributed by atoms with Gasteiger partial charge in [0.05, 0.1) is 24.7 Å². The van der Waals surface area contributed by atoms with Crippen LogP contribution in [0.4, 0.5) is 11.4 Å². The topological polar surface area (TPSA) is 74.1 Å². The average molecular weight is 498 g/mol. The first kappa shape index (κ1) is 23.4. The number of hydrogen-bond donors (Lipinski definition) is 1. The molecule has 8 heteroatoms. The maximum atomic E-state index is 13.6.